The van der Waals surface area contributed by atoms with E-state index in [0.717, 1.165) is 43.1 Å². The fourth-order valence-electron chi connectivity index (χ4n) is 4.08. The van der Waals surface area contributed by atoms with E-state index in [0.29, 0.717) is 29.2 Å². The van der Waals surface area contributed by atoms with Crippen LogP contribution in [-0.2, 0) is 11.2 Å². The predicted molar refractivity (Wildman–Crippen MR) is 136 cm³/mol. The number of carbonyl (C=O) groups is 2. The number of hydrogen-bond acceptors (Lipinski definition) is 6. The first-order chi connectivity index (χ1) is 16.9. The average molecular weight is 496 g/mol. The standard InChI is InChI=1S/C26H30FN5O2S/c1-18-6-10-22(11-7-18)32-25(31-14-4-3-5-15-31)29-30-26(32)35-17-24(34)21-9-8-20(23(27)16-21)12-13-28-19(2)33/h6-11,16H,3-5,12-15,17H2,1-2H3,(H,28,33). The molecule has 1 amide bonds. The Kier molecular flexibility index (Phi) is 8.17. The highest BCUT2D eigenvalue weighted by Gasteiger charge is 2.22. The maximum atomic E-state index is 14.5. The number of carbonyl (C=O) groups excluding carboxylic acids is 2. The zero-order valence-electron chi connectivity index (χ0n) is 20.1. The second-order valence-corrected chi connectivity index (χ2v) is 9.69. The van der Waals surface area contributed by atoms with Crippen LogP contribution in [0.4, 0.5) is 10.3 Å². The van der Waals surface area contributed by atoms with E-state index in [1.54, 1.807) is 12.1 Å². The number of thioether (sulfide) groups is 1. The van der Waals surface area contributed by atoms with Gasteiger partial charge in [-0.05, 0) is 56.4 Å². The Labute approximate surface area is 209 Å². The molecule has 1 N–H and O–H groups in total. The lowest BCUT2D eigenvalue weighted by molar-refractivity contribution is -0.118. The first-order valence-electron chi connectivity index (χ1n) is 11.9. The molecule has 35 heavy (non-hydrogen) atoms. The third kappa shape index (κ3) is 6.28. The first-order valence-corrected chi connectivity index (χ1v) is 12.9. The number of rotatable bonds is 9. The summed E-state index contributed by atoms with van der Waals surface area (Å²) in [4.78, 5) is 26.1. The molecule has 1 saturated heterocycles. The van der Waals surface area contributed by atoms with Crippen molar-refractivity contribution in [1.82, 2.24) is 20.1 Å². The molecule has 4 rings (SSSR count). The molecule has 2 heterocycles. The Bertz CT molecular complexity index is 1190. The number of nitrogens with zero attached hydrogens (tertiary/aromatic N) is 4. The largest absolute Gasteiger partial charge is 0.356 e. The van der Waals surface area contributed by atoms with E-state index in [2.05, 4.69) is 20.4 Å². The Hall–Kier alpha value is -3.20. The Morgan fingerprint density at radius 1 is 1.06 bits per heavy atom. The highest BCUT2D eigenvalue weighted by Crippen LogP contribution is 2.29. The molecule has 0 spiro atoms. The van der Waals surface area contributed by atoms with E-state index in [1.165, 1.54) is 31.2 Å². The number of Topliss-reactive ketones (excluding diaryl/α,β-unsaturated/α-hetero) is 1. The van der Waals surface area contributed by atoms with Gasteiger partial charge in [-0.3, -0.25) is 14.2 Å². The number of piperidine rings is 1. The molecule has 2 aromatic carbocycles. The number of halogens is 1. The number of anilines is 1. The summed E-state index contributed by atoms with van der Waals surface area (Å²) in [6.07, 6.45) is 3.82. The quantitative estimate of drug-likeness (QED) is 0.351. The van der Waals surface area contributed by atoms with Crippen LogP contribution in [0.2, 0.25) is 0 Å². The van der Waals surface area contributed by atoms with Crippen molar-refractivity contribution >= 4 is 29.4 Å². The van der Waals surface area contributed by atoms with Gasteiger partial charge in [-0.15, -0.1) is 10.2 Å². The summed E-state index contributed by atoms with van der Waals surface area (Å²) in [7, 11) is 0. The minimum Gasteiger partial charge on any atom is -0.356 e. The van der Waals surface area contributed by atoms with E-state index >= 15 is 0 Å². The molecule has 3 aromatic rings. The SMILES string of the molecule is CC(=O)NCCc1ccc(C(=O)CSc2nnc(N3CCCCC3)n2-c2ccc(C)cc2)cc1F. The maximum absolute atomic E-state index is 14.5. The lowest BCUT2D eigenvalue weighted by Gasteiger charge is -2.27. The molecular formula is C26H30FN5O2S. The molecule has 0 aliphatic carbocycles. The van der Waals surface area contributed by atoms with Gasteiger partial charge in [0.05, 0.1) is 11.4 Å². The van der Waals surface area contributed by atoms with Gasteiger partial charge in [0, 0.05) is 32.1 Å². The molecular weight excluding hydrogens is 465 g/mol. The van der Waals surface area contributed by atoms with Crippen LogP contribution in [0.1, 0.15) is 47.7 Å². The van der Waals surface area contributed by atoms with Crippen molar-refractivity contribution in [2.75, 3.05) is 30.3 Å². The van der Waals surface area contributed by atoms with Crippen LogP contribution in [0.5, 0.6) is 0 Å². The second kappa shape index (κ2) is 11.5. The van der Waals surface area contributed by atoms with E-state index in [-0.39, 0.29) is 17.4 Å². The molecule has 1 aliphatic heterocycles. The number of aryl methyl sites for hydroxylation is 1. The third-order valence-corrected chi connectivity index (χ3v) is 6.95. The average Bonchev–Trinajstić information content (AvgIpc) is 3.28. The van der Waals surface area contributed by atoms with Crippen LogP contribution in [0.3, 0.4) is 0 Å². The number of nitrogens with one attached hydrogen (secondary N) is 1. The van der Waals surface area contributed by atoms with E-state index in [1.807, 2.05) is 35.8 Å². The highest BCUT2D eigenvalue weighted by molar-refractivity contribution is 7.99. The molecule has 0 saturated carbocycles. The first kappa shape index (κ1) is 24.9. The predicted octanol–water partition coefficient (Wildman–Crippen LogP) is 4.36. The topological polar surface area (TPSA) is 80.1 Å². The van der Waals surface area contributed by atoms with Gasteiger partial charge in [-0.25, -0.2) is 4.39 Å². The van der Waals surface area contributed by atoms with Gasteiger partial charge in [0.15, 0.2) is 10.9 Å². The van der Waals surface area contributed by atoms with E-state index < -0.39 is 5.82 Å². The van der Waals surface area contributed by atoms with Crippen molar-refractivity contribution < 1.29 is 14.0 Å². The van der Waals surface area contributed by atoms with E-state index in [9.17, 15) is 14.0 Å². The molecule has 0 unspecified atom stereocenters. The number of amides is 1. The molecule has 1 fully saturated rings. The smallest absolute Gasteiger partial charge is 0.232 e. The van der Waals surface area contributed by atoms with Crippen molar-refractivity contribution in [3.63, 3.8) is 0 Å². The second-order valence-electron chi connectivity index (χ2n) is 8.75. The Morgan fingerprint density at radius 3 is 2.49 bits per heavy atom. The van der Waals surface area contributed by atoms with Gasteiger partial charge in [0.25, 0.3) is 0 Å². The van der Waals surface area contributed by atoms with Crippen LogP contribution < -0.4 is 10.2 Å². The van der Waals surface area contributed by atoms with Gasteiger partial charge in [0.2, 0.25) is 11.9 Å². The summed E-state index contributed by atoms with van der Waals surface area (Å²) < 4.78 is 16.5. The summed E-state index contributed by atoms with van der Waals surface area (Å²) in [5.74, 6) is 0.130. The molecule has 0 bridgehead atoms. The van der Waals surface area contributed by atoms with Crippen molar-refractivity contribution in [2.45, 2.75) is 44.7 Å². The Balaban J connectivity index is 1.49. The molecule has 0 atom stereocenters. The van der Waals surface area contributed by atoms with Crippen molar-refractivity contribution in [1.29, 1.82) is 0 Å². The zero-order chi connectivity index (χ0) is 24.8. The lowest BCUT2D eigenvalue weighted by Crippen LogP contribution is -2.31. The summed E-state index contributed by atoms with van der Waals surface area (Å²) in [6, 6.07) is 12.7. The third-order valence-electron chi connectivity index (χ3n) is 6.02. The van der Waals surface area contributed by atoms with Crippen LogP contribution in [0, 0.1) is 12.7 Å². The minimum absolute atomic E-state index is 0.120. The number of aromatic nitrogens is 3. The Morgan fingerprint density at radius 2 is 1.80 bits per heavy atom. The van der Waals surface area contributed by atoms with E-state index in [4.69, 9.17) is 0 Å². The van der Waals surface area contributed by atoms with Crippen molar-refractivity contribution in [3.8, 4) is 5.69 Å². The molecule has 1 aliphatic rings. The van der Waals surface area contributed by atoms with Gasteiger partial charge in [-0.2, -0.15) is 0 Å². The van der Waals surface area contributed by atoms with Crippen LogP contribution in [-0.4, -0.2) is 51.8 Å². The molecule has 184 valence electrons. The van der Waals surface area contributed by atoms with Gasteiger partial charge >= 0.3 is 0 Å². The molecule has 1 aromatic heterocycles. The highest BCUT2D eigenvalue weighted by atomic mass is 32.2. The summed E-state index contributed by atoms with van der Waals surface area (Å²) in [6.45, 7) is 5.68. The van der Waals surface area contributed by atoms with Crippen molar-refractivity contribution in [3.05, 3.63) is 65.0 Å². The summed E-state index contributed by atoms with van der Waals surface area (Å²) in [5, 5.41) is 12.2. The van der Waals surface area contributed by atoms with Gasteiger partial charge in [0.1, 0.15) is 5.82 Å². The number of hydrogen-bond donors (Lipinski definition) is 1. The van der Waals surface area contributed by atoms with Crippen LogP contribution in [0.15, 0.2) is 47.6 Å². The lowest BCUT2D eigenvalue weighted by atomic mass is 10.1. The minimum atomic E-state index is -0.443. The molecule has 9 heteroatoms. The normalized spacial score (nSPS) is 13.6. The van der Waals surface area contributed by atoms with Crippen LogP contribution >= 0.6 is 11.8 Å². The summed E-state index contributed by atoms with van der Waals surface area (Å²) >= 11 is 1.30. The van der Waals surface area contributed by atoms with Gasteiger partial charge < -0.3 is 10.2 Å². The monoisotopic (exact) mass is 495 g/mol. The van der Waals surface area contributed by atoms with Crippen LogP contribution in [0.25, 0.3) is 5.69 Å². The number of ketones is 1. The number of benzene rings is 2. The molecule has 7 nitrogen and oxygen atoms in total. The fraction of sp³-hybridized carbons (Fsp3) is 0.385. The maximum Gasteiger partial charge on any atom is 0.232 e. The van der Waals surface area contributed by atoms with Gasteiger partial charge in [-0.1, -0.05) is 41.6 Å². The van der Waals surface area contributed by atoms with Crippen molar-refractivity contribution in [2.24, 2.45) is 0 Å². The fourth-order valence-corrected chi connectivity index (χ4v) is 4.93. The zero-order valence-corrected chi connectivity index (χ0v) is 20.9. The summed E-state index contributed by atoms with van der Waals surface area (Å²) in [5.41, 5.74) is 2.89. The molecule has 0 radical (unpaired) electrons.